The van der Waals surface area contributed by atoms with E-state index < -0.39 is 34.9 Å². The molecule has 1 N–H and O–H groups in total. The summed E-state index contributed by atoms with van der Waals surface area (Å²) in [6.45, 7) is 0.155. The van der Waals surface area contributed by atoms with Crippen LogP contribution in [-0.2, 0) is 12.7 Å². The predicted molar refractivity (Wildman–Crippen MR) is 92.3 cm³/mol. The van der Waals surface area contributed by atoms with Crippen molar-refractivity contribution in [1.82, 2.24) is 4.98 Å². The molecule has 0 aliphatic heterocycles. The molecule has 0 spiro atoms. The maximum absolute atomic E-state index is 14.0. The van der Waals surface area contributed by atoms with Gasteiger partial charge in [-0.05, 0) is 24.3 Å². The maximum atomic E-state index is 14.0. The molecule has 28 heavy (non-hydrogen) atoms. The van der Waals surface area contributed by atoms with Crippen LogP contribution in [-0.4, -0.2) is 4.98 Å². The minimum absolute atomic E-state index is 0.0308. The van der Waals surface area contributed by atoms with Gasteiger partial charge < -0.3 is 10.1 Å². The average Bonchev–Trinajstić information content (AvgIpc) is 3.02. The fraction of sp³-hybridized carbons (Fsp3) is 0.118. The number of rotatable bonds is 5. The molecule has 3 rings (SSSR count). The minimum atomic E-state index is -4.92. The highest BCUT2D eigenvalue weighted by molar-refractivity contribution is 7.15. The van der Waals surface area contributed by atoms with Gasteiger partial charge >= 0.3 is 6.18 Å². The molecule has 0 unspecified atom stereocenters. The first-order valence-corrected chi connectivity index (χ1v) is 8.70. The molecule has 0 bridgehead atoms. The van der Waals surface area contributed by atoms with Crippen LogP contribution in [0.1, 0.15) is 10.4 Å². The van der Waals surface area contributed by atoms with Crippen LogP contribution in [0.15, 0.2) is 36.5 Å². The number of halogens is 7. The van der Waals surface area contributed by atoms with E-state index in [1.165, 1.54) is 6.20 Å². The van der Waals surface area contributed by atoms with Gasteiger partial charge in [-0.3, -0.25) is 0 Å². The van der Waals surface area contributed by atoms with Crippen molar-refractivity contribution in [2.45, 2.75) is 12.7 Å². The van der Waals surface area contributed by atoms with E-state index in [1.807, 2.05) is 0 Å². The van der Waals surface area contributed by atoms with E-state index in [2.05, 4.69) is 10.3 Å². The Labute approximate surface area is 163 Å². The normalized spacial score (nSPS) is 11.5. The zero-order valence-electron chi connectivity index (χ0n) is 13.6. The lowest BCUT2D eigenvalue weighted by Gasteiger charge is -2.15. The summed E-state index contributed by atoms with van der Waals surface area (Å²) in [6.07, 6.45) is -3.44. The smallest absolute Gasteiger partial charge is 0.416 e. The lowest BCUT2D eigenvalue weighted by atomic mass is 10.2. The number of benzene rings is 2. The first-order valence-electron chi connectivity index (χ1n) is 7.51. The fourth-order valence-electron chi connectivity index (χ4n) is 2.21. The fourth-order valence-corrected chi connectivity index (χ4v) is 3.13. The second kappa shape index (κ2) is 7.88. The third kappa shape index (κ3) is 4.68. The molecule has 0 saturated carbocycles. The van der Waals surface area contributed by atoms with Crippen molar-refractivity contribution < 1.29 is 31.1 Å². The third-order valence-corrected chi connectivity index (χ3v) is 4.57. The molecule has 3 nitrogen and oxygen atoms in total. The molecule has 0 saturated heterocycles. The summed E-state index contributed by atoms with van der Waals surface area (Å²) in [6, 6.07) is 3.32. The Morgan fingerprint density at radius 2 is 1.75 bits per heavy atom. The van der Waals surface area contributed by atoms with Crippen LogP contribution in [0.2, 0.25) is 4.47 Å². The van der Waals surface area contributed by atoms with Gasteiger partial charge in [-0.15, -0.1) is 11.3 Å². The van der Waals surface area contributed by atoms with Crippen molar-refractivity contribution in [3.8, 4) is 11.5 Å². The molecule has 0 atom stereocenters. The summed E-state index contributed by atoms with van der Waals surface area (Å²) < 4.78 is 84.9. The minimum Gasteiger partial charge on any atom is -0.449 e. The average molecular weight is 439 g/mol. The van der Waals surface area contributed by atoms with E-state index in [9.17, 15) is 26.3 Å². The molecule has 1 aromatic heterocycles. The number of alkyl halides is 3. The summed E-state index contributed by atoms with van der Waals surface area (Å²) in [5, 5.41) is 2.80. The summed E-state index contributed by atoms with van der Waals surface area (Å²) in [4.78, 5) is 4.52. The third-order valence-electron chi connectivity index (χ3n) is 3.46. The number of nitrogens with one attached hydrogen (secondary N) is 1. The Bertz CT molecular complexity index is 985. The van der Waals surface area contributed by atoms with Gasteiger partial charge in [-0.25, -0.2) is 18.2 Å². The van der Waals surface area contributed by atoms with Crippen molar-refractivity contribution in [3.63, 3.8) is 0 Å². The Kier molecular flexibility index (Phi) is 5.71. The maximum Gasteiger partial charge on any atom is 0.416 e. The molecule has 0 fully saturated rings. The van der Waals surface area contributed by atoms with Crippen LogP contribution in [0, 0.1) is 17.5 Å². The van der Waals surface area contributed by atoms with Gasteiger partial charge in [0, 0.05) is 17.1 Å². The molecule has 2 aromatic carbocycles. The number of ether oxygens (including phenoxy) is 1. The monoisotopic (exact) mass is 438 g/mol. The van der Waals surface area contributed by atoms with Crippen LogP contribution in [0.5, 0.6) is 11.5 Å². The van der Waals surface area contributed by atoms with Crippen LogP contribution >= 0.6 is 22.9 Å². The van der Waals surface area contributed by atoms with Crippen LogP contribution < -0.4 is 10.1 Å². The molecule has 148 valence electrons. The van der Waals surface area contributed by atoms with Crippen molar-refractivity contribution in [1.29, 1.82) is 0 Å². The van der Waals surface area contributed by atoms with Crippen molar-refractivity contribution in [2.75, 3.05) is 5.32 Å². The topological polar surface area (TPSA) is 34.1 Å². The lowest BCUT2D eigenvalue weighted by molar-refractivity contribution is -0.138. The van der Waals surface area contributed by atoms with E-state index in [1.54, 1.807) is 0 Å². The van der Waals surface area contributed by atoms with Gasteiger partial charge in [-0.2, -0.15) is 13.2 Å². The number of aromatic nitrogens is 1. The molecular weight excluding hydrogens is 430 g/mol. The first kappa shape index (κ1) is 20.3. The zero-order chi connectivity index (χ0) is 20.5. The molecule has 0 radical (unpaired) electrons. The Morgan fingerprint density at radius 3 is 2.32 bits per heavy atom. The van der Waals surface area contributed by atoms with Gasteiger partial charge in [0.2, 0.25) is 0 Å². The number of hydrogen-bond acceptors (Lipinski definition) is 4. The van der Waals surface area contributed by atoms with Crippen molar-refractivity contribution in [2.24, 2.45) is 0 Å². The van der Waals surface area contributed by atoms with E-state index in [4.69, 9.17) is 16.3 Å². The van der Waals surface area contributed by atoms with Gasteiger partial charge in [0.1, 0.15) is 5.82 Å². The van der Waals surface area contributed by atoms with Crippen LogP contribution in [0.25, 0.3) is 0 Å². The van der Waals surface area contributed by atoms with Gasteiger partial charge in [0.15, 0.2) is 27.6 Å². The predicted octanol–water partition coefficient (Wildman–Crippen LogP) is 6.64. The standard InChI is InChI=1S/C17H9ClF6N2OS/c18-16-26-7-10(28-16)6-25-13-5-9(19)1-2-14(13)27-15-11(20)3-8(4-12(15)21)17(22,23)24/h1-5,7,25H,6H2. The molecule has 0 aliphatic rings. The second-order valence-electron chi connectivity index (χ2n) is 5.44. The number of nitrogens with zero attached hydrogens (tertiary/aromatic N) is 1. The van der Waals surface area contributed by atoms with Crippen molar-refractivity contribution >= 4 is 28.6 Å². The summed E-state index contributed by atoms with van der Waals surface area (Å²) in [5.41, 5.74) is -1.46. The van der Waals surface area contributed by atoms with E-state index in [0.717, 1.165) is 29.5 Å². The number of anilines is 1. The highest BCUT2D eigenvalue weighted by atomic mass is 35.5. The summed E-state index contributed by atoms with van der Waals surface area (Å²) in [7, 11) is 0. The van der Waals surface area contributed by atoms with Gasteiger partial charge in [0.05, 0.1) is 17.8 Å². The van der Waals surface area contributed by atoms with E-state index in [0.29, 0.717) is 9.34 Å². The SMILES string of the molecule is Fc1ccc(Oc2c(F)cc(C(F)(F)F)cc2F)c(NCc2cnc(Cl)s2)c1. The molecule has 1 heterocycles. The molecule has 0 amide bonds. The first-order chi connectivity index (χ1) is 13.1. The van der Waals surface area contributed by atoms with E-state index >= 15 is 0 Å². The van der Waals surface area contributed by atoms with Gasteiger partial charge in [0.25, 0.3) is 0 Å². The zero-order valence-corrected chi connectivity index (χ0v) is 15.2. The lowest BCUT2D eigenvalue weighted by Crippen LogP contribution is -2.07. The molecule has 3 aromatic rings. The highest BCUT2D eigenvalue weighted by Crippen LogP contribution is 2.37. The van der Waals surface area contributed by atoms with Crippen LogP contribution in [0.4, 0.5) is 32.0 Å². The van der Waals surface area contributed by atoms with Crippen molar-refractivity contribution in [3.05, 3.63) is 68.9 Å². The highest BCUT2D eigenvalue weighted by Gasteiger charge is 2.33. The number of hydrogen-bond donors (Lipinski definition) is 1. The van der Waals surface area contributed by atoms with E-state index in [-0.39, 0.29) is 30.1 Å². The Balaban J connectivity index is 1.88. The largest absolute Gasteiger partial charge is 0.449 e. The number of thiazole rings is 1. The second-order valence-corrected chi connectivity index (χ2v) is 7.14. The summed E-state index contributed by atoms with van der Waals surface area (Å²) >= 11 is 6.88. The quantitative estimate of drug-likeness (QED) is 0.453. The van der Waals surface area contributed by atoms with Gasteiger partial charge in [-0.1, -0.05) is 11.6 Å². The molecule has 0 aliphatic carbocycles. The Hall–Kier alpha value is -2.46. The Morgan fingerprint density at radius 1 is 1.07 bits per heavy atom. The summed E-state index contributed by atoms with van der Waals surface area (Å²) in [5.74, 6) is -4.97. The molecule has 11 heteroatoms. The van der Waals surface area contributed by atoms with Crippen LogP contribution in [0.3, 0.4) is 0 Å². The molecular formula is C17H9ClF6N2OS.